The highest BCUT2D eigenvalue weighted by molar-refractivity contribution is 7.88. The van der Waals surface area contributed by atoms with E-state index < -0.39 is 27.8 Å². The van der Waals surface area contributed by atoms with Gasteiger partial charge in [-0.05, 0) is 56.5 Å². The number of benzene rings is 2. The van der Waals surface area contributed by atoms with Crippen LogP contribution in [0.25, 0.3) is 10.9 Å². The predicted molar refractivity (Wildman–Crippen MR) is 139 cm³/mol. The maximum Gasteiger partial charge on any atom is 0.416 e. The van der Waals surface area contributed by atoms with E-state index >= 15 is 0 Å². The number of aromatic nitrogens is 2. The van der Waals surface area contributed by atoms with Gasteiger partial charge in [0, 0.05) is 23.7 Å². The molecule has 0 amide bonds. The number of ether oxygens (including phenoxy) is 2. The average Bonchev–Trinajstić information content (AvgIpc) is 3.30. The lowest BCUT2D eigenvalue weighted by atomic mass is 10.0. The van der Waals surface area contributed by atoms with Crippen LogP contribution in [0, 0.1) is 6.92 Å². The number of fused-ring (bicyclic) bond motifs is 1. The van der Waals surface area contributed by atoms with Crippen LogP contribution in [0.3, 0.4) is 0 Å². The number of alkyl halides is 3. The molecule has 1 fully saturated rings. The van der Waals surface area contributed by atoms with Crippen molar-refractivity contribution in [2.45, 2.75) is 44.9 Å². The minimum atomic E-state index is -4.53. The highest BCUT2D eigenvalue weighted by Crippen LogP contribution is 2.37. The third-order valence-electron chi connectivity index (χ3n) is 6.43. The summed E-state index contributed by atoms with van der Waals surface area (Å²) in [4.78, 5) is 8.94. The third-order valence-corrected chi connectivity index (χ3v) is 7.76. The van der Waals surface area contributed by atoms with Crippen molar-refractivity contribution < 1.29 is 31.1 Å². The Labute approximate surface area is 219 Å². The van der Waals surface area contributed by atoms with Crippen LogP contribution in [0.15, 0.2) is 30.3 Å². The summed E-state index contributed by atoms with van der Waals surface area (Å²) in [5.74, 6) is 1.61. The highest BCUT2D eigenvalue weighted by atomic mass is 32.2. The van der Waals surface area contributed by atoms with Gasteiger partial charge in [0.1, 0.15) is 18.2 Å². The van der Waals surface area contributed by atoms with E-state index in [1.54, 1.807) is 26.0 Å². The SMILES string of the molecule is COc1cc2nc(C)nc(N[C@H](C)c3cc(N)cc(C(F)(F)F)c3)c2cc1OC[C@@H]1CCCN1S(C)(=O)=O. The van der Waals surface area contributed by atoms with Gasteiger partial charge >= 0.3 is 6.18 Å². The van der Waals surface area contributed by atoms with Gasteiger partial charge in [0.05, 0.1) is 36.5 Å². The van der Waals surface area contributed by atoms with Gasteiger partial charge in [-0.2, -0.15) is 17.5 Å². The number of nitrogens with two attached hydrogens (primary N) is 1. The molecule has 0 spiro atoms. The molecule has 206 valence electrons. The summed E-state index contributed by atoms with van der Waals surface area (Å²) >= 11 is 0. The van der Waals surface area contributed by atoms with E-state index in [0.29, 0.717) is 52.6 Å². The van der Waals surface area contributed by atoms with Crippen molar-refractivity contribution in [1.29, 1.82) is 0 Å². The third kappa shape index (κ3) is 6.04. The summed E-state index contributed by atoms with van der Waals surface area (Å²) in [5, 5.41) is 3.74. The second-order valence-corrected chi connectivity index (χ2v) is 11.3. The molecule has 0 radical (unpaired) electrons. The standard InChI is InChI=1S/C25H30F3N5O4S/c1-14(16-8-17(25(26,27)28)10-18(29)9-16)30-24-20-11-23(22(36-3)12-21(20)31-15(2)32-24)37-13-19-6-5-7-33(19)38(4,34)35/h8-12,14,19H,5-7,13,29H2,1-4H3,(H,30,31,32)/t14-,19+/m1/s1. The van der Waals surface area contributed by atoms with Gasteiger partial charge in [0.15, 0.2) is 11.5 Å². The Balaban J connectivity index is 1.66. The molecule has 1 saturated heterocycles. The van der Waals surface area contributed by atoms with Crippen LogP contribution in [0.1, 0.15) is 42.8 Å². The number of rotatable bonds is 8. The number of hydrogen-bond donors (Lipinski definition) is 2. The molecule has 38 heavy (non-hydrogen) atoms. The lowest BCUT2D eigenvalue weighted by molar-refractivity contribution is -0.137. The van der Waals surface area contributed by atoms with Gasteiger partial charge in [-0.3, -0.25) is 0 Å². The van der Waals surface area contributed by atoms with Crippen molar-refractivity contribution in [3.8, 4) is 11.5 Å². The van der Waals surface area contributed by atoms with Crippen LogP contribution >= 0.6 is 0 Å². The molecular weight excluding hydrogens is 523 g/mol. The molecule has 1 aliphatic rings. The van der Waals surface area contributed by atoms with Crippen molar-refractivity contribution in [3.63, 3.8) is 0 Å². The number of anilines is 2. The van der Waals surface area contributed by atoms with Crippen molar-refractivity contribution in [1.82, 2.24) is 14.3 Å². The number of nitrogens with one attached hydrogen (secondary N) is 1. The number of aryl methyl sites for hydroxylation is 1. The summed E-state index contributed by atoms with van der Waals surface area (Å²) < 4.78 is 77.1. The molecule has 13 heteroatoms. The van der Waals surface area contributed by atoms with Gasteiger partial charge in [-0.1, -0.05) is 0 Å². The van der Waals surface area contributed by atoms with Crippen molar-refractivity contribution >= 4 is 32.4 Å². The first-order valence-corrected chi connectivity index (χ1v) is 13.8. The van der Waals surface area contributed by atoms with E-state index in [1.807, 2.05) is 0 Å². The fourth-order valence-electron chi connectivity index (χ4n) is 4.61. The van der Waals surface area contributed by atoms with Gasteiger partial charge in [0.2, 0.25) is 10.0 Å². The second kappa shape index (κ2) is 10.4. The van der Waals surface area contributed by atoms with Crippen LogP contribution in [0.4, 0.5) is 24.7 Å². The summed E-state index contributed by atoms with van der Waals surface area (Å²) in [7, 11) is -1.87. The smallest absolute Gasteiger partial charge is 0.416 e. The molecule has 4 rings (SSSR count). The van der Waals surface area contributed by atoms with E-state index in [0.717, 1.165) is 18.6 Å². The highest BCUT2D eigenvalue weighted by Gasteiger charge is 2.33. The lowest BCUT2D eigenvalue weighted by Crippen LogP contribution is -2.38. The first-order valence-electron chi connectivity index (χ1n) is 12.0. The monoisotopic (exact) mass is 553 g/mol. The van der Waals surface area contributed by atoms with Gasteiger partial charge in [-0.25, -0.2) is 18.4 Å². The Morgan fingerprint density at radius 1 is 1.18 bits per heavy atom. The minimum absolute atomic E-state index is 0.00248. The number of nitrogens with zero attached hydrogens (tertiary/aromatic N) is 3. The normalized spacial score (nSPS) is 17.5. The minimum Gasteiger partial charge on any atom is -0.493 e. The molecule has 2 aromatic carbocycles. The molecule has 9 nitrogen and oxygen atoms in total. The van der Waals surface area contributed by atoms with Crippen LogP contribution < -0.4 is 20.5 Å². The van der Waals surface area contributed by atoms with Crippen molar-refractivity contribution in [2.75, 3.05) is 37.6 Å². The molecule has 0 saturated carbocycles. The molecule has 3 N–H and O–H groups in total. The maximum atomic E-state index is 13.3. The van der Waals surface area contributed by atoms with Gasteiger partial charge < -0.3 is 20.5 Å². The maximum absolute atomic E-state index is 13.3. The Morgan fingerprint density at radius 3 is 2.58 bits per heavy atom. The fraction of sp³-hybridized carbons (Fsp3) is 0.440. The zero-order valence-corrected chi connectivity index (χ0v) is 22.3. The van der Waals surface area contributed by atoms with E-state index in [9.17, 15) is 21.6 Å². The average molecular weight is 554 g/mol. The number of halogens is 3. The summed E-state index contributed by atoms with van der Waals surface area (Å²) in [6.07, 6.45) is -1.93. The summed E-state index contributed by atoms with van der Waals surface area (Å²) in [5.41, 5.74) is 5.80. The quantitative estimate of drug-likeness (QED) is 0.391. The zero-order chi connectivity index (χ0) is 27.8. The van der Waals surface area contributed by atoms with E-state index in [2.05, 4.69) is 15.3 Å². The van der Waals surface area contributed by atoms with Gasteiger partial charge in [0.25, 0.3) is 0 Å². The Bertz CT molecular complexity index is 1450. The number of sulfonamides is 1. The van der Waals surface area contributed by atoms with Crippen LogP contribution in [-0.2, 0) is 16.2 Å². The Hall–Kier alpha value is -3.32. The molecule has 0 aliphatic carbocycles. The number of hydrogen-bond acceptors (Lipinski definition) is 8. The van der Waals surface area contributed by atoms with Crippen LogP contribution in [0.2, 0.25) is 0 Å². The predicted octanol–water partition coefficient (Wildman–Crippen LogP) is 4.52. The Morgan fingerprint density at radius 2 is 1.92 bits per heavy atom. The first-order chi connectivity index (χ1) is 17.8. The Kier molecular flexibility index (Phi) is 7.62. The number of nitrogen functional groups attached to an aromatic ring is 1. The molecule has 0 unspecified atom stereocenters. The fourth-order valence-corrected chi connectivity index (χ4v) is 5.78. The topological polar surface area (TPSA) is 120 Å². The second-order valence-electron chi connectivity index (χ2n) is 9.37. The molecule has 1 aromatic heterocycles. The first kappa shape index (κ1) is 27.7. The van der Waals surface area contributed by atoms with Crippen molar-refractivity contribution in [3.05, 3.63) is 47.3 Å². The molecule has 2 atom stereocenters. The zero-order valence-electron chi connectivity index (χ0n) is 21.5. The van der Waals surface area contributed by atoms with Gasteiger partial charge in [-0.15, -0.1) is 0 Å². The van der Waals surface area contributed by atoms with Crippen molar-refractivity contribution in [2.24, 2.45) is 0 Å². The summed E-state index contributed by atoms with van der Waals surface area (Å²) in [6, 6.07) is 5.91. The summed E-state index contributed by atoms with van der Waals surface area (Å²) in [6.45, 7) is 3.98. The molecule has 0 bridgehead atoms. The molecule has 1 aliphatic heterocycles. The van der Waals surface area contributed by atoms with Crippen LogP contribution in [-0.4, -0.2) is 55.3 Å². The molecule has 2 heterocycles. The lowest BCUT2D eigenvalue weighted by Gasteiger charge is -2.23. The molecular formula is C25H30F3N5O4S. The van der Waals surface area contributed by atoms with Crippen LogP contribution in [0.5, 0.6) is 11.5 Å². The van der Waals surface area contributed by atoms with E-state index in [1.165, 1.54) is 23.7 Å². The molecule has 3 aromatic rings. The number of methoxy groups -OCH3 is 1. The largest absolute Gasteiger partial charge is 0.493 e. The van der Waals surface area contributed by atoms with E-state index in [-0.39, 0.29) is 18.3 Å². The van der Waals surface area contributed by atoms with E-state index in [4.69, 9.17) is 15.2 Å².